The lowest BCUT2D eigenvalue weighted by atomic mass is 10.2. The van der Waals surface area contributed by atoms with Gasteiger partial charge < -0.3 is 14.1 Å². The van der Waals surface area contributed by atoms with Crippen molar-refractivity contribution in [3.8, 4) is 0 Å². The summed E-state index contributed by atoms with van der Waals surface area (Å²) < 4.78 is 23.9. The predicted molar refractivity (Wildman–Crippen MR) is 65.5 cm³/mol. The van der Waals surface area contributed by atoms with E-state index < -0.39 is 5.82 Å². The van der Waals surface area contributed by atoms with Crippen LogP contribution >= 0.6 is 0 Å². The number of halogens is 1. The molecule has 4 nitrogen and oxygen atoms in total. The molecule has 0 spiro atoms. The van der Waals surface area contributed by atoms with Crippen LogP contribution < -0.4 is 10.3 Å². The SMILES string of the molecule is O=c1cc(N2CCOCC2)oc2ccc(F)cc12. The average molecular weight is 249 g/mol. The minimum absolute atomic E-state index is 0.225. The van der Waals surface area contributed by atoms with Gasteiger partial charge in [-0.25, -0.2) is 4.39 Å². The van der Waals surface area contributed by atoms with Crippen LogP contribution in [0, 0.1) is 5.82 Å². The van der Waals surface area contributed by atoms with E-state index in [-0.39, 0.29) is 10.8 Å². The van der Waals surface area contributed by atoms with Gasteiger partial charge in [0.15, 0.2) is 11.3 Å². The molecule has 94 valence electrons. The zero-order valence-electron chi connectivity index (χ0n) is 9.69. The topological polar surface area (TPSA) is 42.7 Å². The van der Waals surface area contributed by atoms with Crippen LogP contribution in [-0.4, -0.2) is 26.3 Å². The number of rotatable bonds is 1. The third kappa shape index (κ3) is 1.97. The molecule has 1 aliphatic rings. The molecule has 1 aromatic carbocycles. The molecule has 0 radical (unpaired) electrons. The predicted octanol–water partition coefficient (Wildman–Crippen LogP) is 1.77. The second kappa shape index (κ2) is 4.42. The van der Waals surface area contributed by atoms with Crippen LogP contribution in [0.5, 0.6) is 0 Å². The Morgan fingerprint density at radius 2 is 1.94 bits per heavy atom. The summed E-state index contributed by atoms with van der Waals surface area (Å²) in [6.07, 6.45) is 0. The van der Waals surface area contributed by atoms with Gasteiger partial charge in [-0.05, 0) is 18.2 Å². The molecule has 0 unspecified atom stereocenters. The molecule has 0 aliphatic carbocycles. The van der Waals surface area contributed by atoms with Crippen LogP contribution in [0.15, 0.2) is 33.5 Å². The van der Waals surface area contributed by atoms with Crippen LogP contribution in [0.3, 0.4) is 0 Å². The normalized spacial score (nSPS) is 16.2. The summed E-state index contributed by atoms with van der Waals surface area (Å²) >= 11 is 0. The monoisotopic (exact) mass is 249 g/mol. The van der Waals surface area contributed by atoms with Gasteiger partial charge >= 0.3 is 0 Å². The van der Waals surface area contributed by atoms with Crippen LogP contribution in [0.4, 0.5) is 10.3 Å². The lowest BCUT2D eigenvalue weighted by Gasteiger charge is -2.27. The molecular formula is C13H12FNO3. The van der Waals surface area contributed by atoms with Crippen molar-refractivity contribution in [1.29, 1.82) is 0 Å². The molecule has 1 aliphatic heterocycles. The molecule has 0 atom stereocenters. The first-order chi connectivity index (χ1) is 8.74. The minimum atomic E-state index is -0.436. The zero-order valence-corrected chi connectivity index (χ0v) is 9.69. The van der Waals surface area contributed by atoms with Crippen molar-refractivity contribution in [1.82, 2.24) is 0 Å². The fourth-order valence-corrected chi connectivity index (χ4v) is 2.06. The van der Waals surface area contributed by atoms with E-state index in [1.165, 1.54) is 24.3 Å². The molecule has 0 bridgehead atoms. The Balaban J connectivity index is 2.09. The summed E-state index contributed by atoms with van der Waals surface area (Å²) in [5.74, 6) is 0.0799. The molecule has 1 aromatic heterocycles. The fourth-order valence-electron chi connectivity index (χ4n) is 2.06. The van der Waals surface area contributed by atoms with Crippen LogP contribution in [0.25, 0.3) is 11.0 Å². The van der Waals surface area contributed by atoms with Gasteiger partial charge in [0.1, 0.15) is 11.4 Å². The molecule has 0 saturated carbocycles. The fraction of sp³-hybridized carbons (Fsp3) is 0.308. The zero-order chi connectivity index (χ0) is 12.5. The summed E-state index contributed by atoms with van der Waals surface area (Å²) in [5.41, 5.74) is 0.183. The second-order valence-corrected chi connectivity index (χ2v) is 4.19. The lowest BCUT2D eigenvalue weighted by Crippen LogP contribution is -2.36. The summed E-state index contributed by atoms with van der Waals surface area (Å²) in [7, 11) is 0. The van der Waals surface area contributed by atoms with Crippen molar-refractivity contribution >= 4 is 16.9 Å². The Hall–Kier alpha value is -1.88. The van der Waals surface area contributed by atoms with Gasteiger partial charge in [0.25, 0.3) is 0 Å². The average Bonchev–Trinajstić information content (AvgIpc) is 2.40. The number of hydrogen-bond acceptors (Lipinski definition) is 4. The molecule has 0 N–H and O–H groups in total. The molecule has 1 saturated heterocycles. The molecule has 1 fully saturated rings. The maximum atomic E-state index is 13.1. The van der Waals surface area contributed by atoms with Gasteiger partial charge in [0.05, 0.1) is 18.6 Å². The van der Waals surface area contributed by atoms with E-state index in [2.05, 4.69) is 0 Å². The van der Waals surface area contributed by atoms with Crippen LogP contribution in [0.1, 0.15) is 0 Å². The van der Waals surface area contributed by atoms with E-state index in [0.29, 0.717) is 37.8 Å². The lowest BCUT2D eigenvalue weighted by molar-refractivity contribution is 0.121. The number of fused-ring (bicyclic) bond motifs is 1. The number of benzene rings is 1. The number of nitrogens with zero attached hydrogens (tertiary/aromatic N) is 1. The highest BCUT2D eigenvalue weighted by atomic mass is 19.1. The van der Waals surface area contributed by atoms with E-state index in [1.807, 2.05) is 4.90 Å². The Kier molecular flexibility index (Phi) is 2.76. The van der Waals surface area contributed by atoms with E-state index in [1.54, 1.807) is 0 Å². The second-order valence-electron chi connectivity index (χ2n) is 4.19. The van der Waals surface area contributed by atoms with E-state index in [0.717, 1.165) is 0 Å². The van der Waals surface area contributed by atoms with Gasteiger partial charge in [-0.1, -0.05) is 0 Å². The Bertz CT molecular complexity index is 632. The van der Waals surface area contributed by atoms with Crippen LogP contribution in [-0.2, 0) is 4.74 Å². The first kappa shape index (κ1) is 11.2. The third-order valence-corrected chi connectivity index (χ3v) is 3.00. The molecular weight excluding hydrogens is 237 g/mol. The number of morpholine rings is 1. The smallest absolute Gasteiger partial charge is 0.200 e. The van der Waals surface area contributed by atoms with Gasteiger partial charge in [-0.15, -0.1) is 0 Å². The van der Waals surface area contributed by atoms with Gasteiger partial charge in [-0.3, -0.25) is 4.79 Å². The van der Waals surface area contributed by atoms with E-state index >= 15 is 0 Å². The van der Waals surface area contributed by atoms with Crippen molar-refractivity contribution in [3.05, 3.63) is 40.3 Å². The quantitative estimate of drug-likeness (QED) is 0.772. The standard InChI is InChI=1S/C13H12FNO3/c14-9-1-2-12-10(7-9)11(16)8-13(18-12)15-3-5-17-6-4-15/h1-2,7-8H,3-6H2. The summed E-state index contributed by atoms with van der Waals surface area (Å²) in [4.78, 5) is 13.9. The maximum Gasteiger partial charge on any atom is 0.200 e. The van der Waals surface area contributed by atoms with Crippen molar-refractivity contribution in [2.75, 3.05) is 31.2 Å². The number of hydrogen-bond donors (Lipinski definition) is 0. The van der Waals surface area contributed by atoms with Crippen molar-refractivity contribution in [2.45, 2.75) is 0 Å². The maximum absolute atomic E-state index is 13.1. The molecule has 0 amide bonds. The Morgan fingerprint density at radius 1 is 1.17 bits per heavy atom. The summed E-state index contributed by atoms with van der Waals surface area (Å²) in [5, 5.41) is 0.270. The molecule has 2 aromatic rings. The Labute approximate surface area is 103 Å². The largest absolute Gasteiger partial charge is 0.440 e. The van der Waals surface area contributed by atoms with Crippen molar-refractivity contribution in [3.63, 3.8) is 0 Å². The van der Waals surface area contributed by atoms with Gasteiger partial charge in [0, 0.05) is 19.2 Å². The number of anilines is 1. The molecule has 5 heteroatoms. The Morgan fingerprint density at radius 3 is 2.72 bits per heavy atom. The van der Waals surface area contributed by atoms with Crippen molar-refractivity contribution < 1.29 is 13.5 Å². The molecule has 2 heterocycles. The number of ether oxygens (including phenoxy) is 1. The summed E-state index contributed by atoms with van der Waals surface area (Å²) in [6.45, 7) is 2.61. The highest BCUT2D eigenvalue weighted by Crippen LogP contribution is 2.20. The minimum Gasteiger partial charge on any atom is -0.440 e. The first-order valence-corrected chi connectivity index (χ1v) is 5.80. The van der Waals surface area contributed by atoms with E-state index in [9.17, 15) is 9.18 Å². The van der Waals surface area contributed by atoms with Gasteiger partial charge in [0.2, 0.25) is 0 Å². The first-order valence-electron chi connectivity index (χ1n) is 5.80. The van der Waals surface area contributed by atoms with E-state index in [4.69, 9.17) is 9.15 Å². The molecule has 18 heavy (non-hydrogen) atoms. The van der Waals surface area contributed by atoms with Crippen LogP contribution in [0.2, 0.25) is 0 Å². The third-order valence-electron chi connectivity index (χ3n) is 3.00. The highest BCUT2D eigenvalue weighted by molar-refractivity contribution is 5.77. The van der Waals surface area contributed by atoms with Gasteiger partial charge in [-0.2, -0.15) is 0 Å². The highest BCUT2D eigenvalue weighted by Gasteiger charge is 2.15. The molecule has 3 rings (SSSR count). The van der Waals surface area contributed by atoms with Crippen molar-refractivity contribution in [2.24, 2.45) is 0 Å². The summed E-state index contributed by atoms with van der Waals surface area (Å²) in [6, 6.07) is 5.38.